The summed E-state index contributed by atoms with van der Waals surface area (Å²) >= 11 is 0. The molecule has 1 heterocycles. The Balaban J connectivity index is 1.90. The molecule has 0 saturated carbocycles. The largest absolute Gasteiger partial charge is 0.508 e. The van der Waals surface area contributed by atoms with E-state index >= 15 is 0 Å². The molecule has 1 aliphatic carbocycles. The van der Waals surface area contributed by atoms with E-state index in [4.69, 9.17) is 4.42 Å². The van der Waals surface area contributed by atoms with E-state index in [0.29, 0.717) is 0 Å². The van der Waals surface area contributed by atoms with E-state index in [1.807, 2.05) is 6.07 Å². The number of aromatic hydroxyl groups is 1. The van der Waals surface area contributed by atoms with Gasteiger partial charge in [0.2, 0.25) is 0 Å². The average Bonchev–Trinajstić information content (AvgIpc) is 2.71. The Hall–Kier alpha value is -1.96. The van der Waals surface area contributed by atoms with Gasteiger partial charge >= 0.3 is 0 Å². The molecule has 3 rings (SSSR count). The number of fused-ring (bicyclic) bond motifs is 1. The van der Waals surface area contributed by atoms with Gasteiger partial charge in [-0.25, -0.2) is 0 Å². The first-order valence-electron chi connectivity index (χ1n) is 5.88. The summed E-state index contributed by atoms with van der Waals surface area (Å²) in [7, 11) is 0. The Labute approximate surface area is 99.9 Å². The van der Waals surface area contributed by atoms with Crippen LogP contribution in [0, 0.1) is 0 Å². The summed E-state index contributed by atoms with van der Waals surface area (Å²) in [6.45, 7) is 0. The van der Waals surface area contributed by atoms with Crippen LogP contribution in [0.2, 0.25) is 0 Å². The SMILES string of the molecule is Oc1ccc2oc(CC3=CCCC=C3)cc2c1. The van der Waals surface area contributed by atoms with Crippen molar-refractivity contribution in [3.8, 4) is 5.75 Å². The zero-order valence-corrected chi connectivity index (χ0v) is 9.52. The summed E-state index contributed by atoms with van der Waals surface area (Å²) in [5.74, 6) is 1.23. The third kappa shape index (κ3) is 2.11. The minimum atomic E-state index is 0.279. The first kappa shape index (κ1) is 10.2. The lowest BCUT2D eigenvalue weighted by molar-refractivity contribution is 0.475. The van der Waals surface area contributed by atoms with Crippen molar-refractivity contribution in [1.29, 1.82) is 0 Å². The molecule has 0 fully saturated rings. The zero-order chi connectivity index (χ0) is 11.7. The van der Waals surface area contributed by atoms with Gasteiger partial charge in [0.1, 0.15) is 17.1 Å². The molecule has 0 saturated heterocycles. The van der Waals surface area contributed by atoms with E-state index in [0.717, 1.165) is 36.0 Å². The van der Waals surface area contributed by atoms with Crippen LogP contribution in [-0.2, 0) is 6.42 Å². The van der Waals surface area contributed by atoms with Crippen molar-refractivity contribution >= 4 is 11.0 Å². The number of hydrogen-bond acceptors (Lipinski definition) is 2. The predicted octanol–water partition coefficient (Wildman–Crippen LogP) is 3.96. The van der Waals surface area contributed by atoms with Gasteiger partial charge in [0, 0.05) is 11.8 Å². The summed E-state index contributed by atoms with van der Waals surface area (Å²) in [6, 6.07) is 7.18. The number of hydrogen-bond donors (Lipinski definition) is 1. The Morgan fingerprint density at radius 2 is 2.12 bits per heavy atom. The van der Waals surface area contributed by atoms with E-state index in [9.17, 15) is 5.11 Å². The third-order valence-electron chi connectivity index (χ3n) is 3.00. The van der Waals surface area contributed by atoms with Crippen LogP contribution < -0.4 is 0 Å². The maximum absolute atomic E-state index is 9.40. The average molecular weight is 226 g/mol. The fraction of sp³-hybridized carbons (Fsp3) is 0.200. The van der Waals surface area contributed by atoms with Crippen molar-refractivity contribution in [2.75, 3.05) is 0 Å². The van der Waals surface area contributed by atoms with Crippen LogP contribution in [0.1, 0.15) is 18.6 Å². The standard InChI is InChI=1S/C15H14O2/c16-13-6-7-15-12(9-13)10-14(17-15)8-11-4-2-1-3-5-11/h2,4-7,9-10,16H,1,3,8H2. The molecule has 0 atom stereocenters. The Bertz CT molecular complexity index is 602. The first-order valence-corrected chi connectivity index (χ1v) is 5.88. The second-order valence-corrected chi connectivity index (χ2v) is 4.37. The molecule has 2 aromatic rings. The number of furan rings is 1. The maximum Gasteiger partial charge on any atom is 0.134 e. The maximum atomic E-state index is 9.40. The minimum Gasteiger partial charge on any atom is -0.508 e. The van der Waals surface area contributed by atoms with Crippen molar-refractivity contribution in [2.24, 2.45) is 0 Å². The summed E-state index contributed by atoms with van der Waals surface area (Å²) < 4.78 is 5.74. The number of phenolic OH excluding ortho intramolecular Hbond substituents is 1. The van der Waals surface area contributed by atoms with Gasteiger partial charge in [0.15, 0.2) is 0 Å². The van der Waals surface area contributed by atoms with Gasteiger partial charge < -0.3 is 9.52 Å². The van der Waals surface area contributed by atoms with Gasteiger partial charge in [-0.2, -0.15) is 0 Å². The predicted molar refractivity (Wildman–Crippen MR) is 68.0 cm³/mol. The van der Waals surface area contributed by atoms with Crippen molar-refractivity contribution in [1.82, 2.24) is 0 Å². The molecule has 1 N–H and O–H groups in total. The minimum absolute atomic E-state index is 0.279. The molecule has 1 aromatic heterocycles. The topological polar surface area (TPSA) is 33.4 Å². The third-order valence-corrected chi connectivity index (χ3v) is 3.00. The van der Waals surface area contributed by atoms with E-state index in [1.165, 1.54) is 5.57 Å². The lowest BCUT2D eigenvalue weighted by atomic mass is 10.0. The van der Waals surface area contributed by atoms with E-state index in [-0.39, 0.29) is 5.75 Å². The zero-order valence-electron chi connectivity index (χ0n) is 9.52. The van der Waals surface area contributed by atoms with E-state index in [2.05, 4.69) is 18.2 Å². The molecule has 2 heteroatoms. The Morgan fingerprint density at radius 1 is 1.18 bits per heavy atom. The second-order valence-electron chi connectivity index (χ2n) is 4.37. The summed E-state index contributed by atoms with van der Waals surface area (Å²) in [5, 5.41) is 10.4. The molecule has 86 valence electrons. The highest BCUT2D eigenvalue weighted by Crippen LogP contribution is 2.25. The number of rotatable bonds is 2. The van der Waals surface area contributed by atoms with E-state index < -0.39 is 0 Å². The van der Waals surface area contributed by atoms with Crippen LogP contribution in [0.15, 0.2) is 52.5 Å². The molecular formula is C15H14O2. The molecule has 17 heavy (non-hydrogen) atoms. The van der Waals surface area contributed by atoms with Crippen molar-refractivity contribution in [2.45, 2.75) is 19.3 Å². The molecule has 0 spiro atoms. The number of allylic oxidation sites excluding steroid dienone is 4. The van der Waals surface area contributed by atoms with Gasteiger partial charge in [-0.15, -0.1) is 0 Å². The van der Waals surface area contributed by atoms with Gasteiger partial charge in [0.25, 0.3) is 0 Å². The molecule has 0 unspecified atom stereocenters. The summed E-state index contributed by atoms with van der Waals surface area (Å²) in [5.41, 5.74) is 2.14. The lowest BCUT2D eigenvalue weighted by Crippen LogP contribution is -1.89. The second kappa shape index (κ2) is 4.13. The fourth-order valence-corrected chi connectivity index (χ4v) is 2.17. The summed E-state index contributed by atoms with van der Waals surface area (Å²) in [4.78, 5) is 0. The first-order chi connectivity index (χ1) is 8.31. The molecule has 0 radical (unpaired) electrons. The van der Waals surface area contributed by atoms with Crippen LogP contribution in [-0.4, -0.2) is 5.11 Å². The van der Waals surface area contributed by atoms with Crippen molar-refractivity contribution < 1.29 is 9.52 Å². The van der Waals surface area contributed by atoms with Gasteiger partial charge in [-0.3, -0.25) is 0 Å². The van der Waals surface area contributed by atoms with Crippen LogP contribution in [0.4, 0.5) is 0 Å². The molecule has 0 aliphatic heterocycles. The van der Waals surface area contributed by atoms with Crippen molar-refractivity contribution in [3.63, 3.8) is 0 Å². The molecule has 1 aromatic carbocycles. The van der Waals surface area contributed by atoms with Crippen molar-refractivity contribution in [3.05, 3.63) is 53.8 Å². The highest BCUT2D eigenvalue weighted by atomic mass is 16.3. The monoisotopic (exact) mass is 226 g/mol. The quantitative estimate of drug-likeness (QED) is 0.840. The molecule has 2 nitrogen and oxygen atoms in total. The Kier molecular flexibility index (Phi) is 2.48. The van der Waals surface area contributed by atoms with E-state index in [1.54, 1.807) is 18.2 Å². The highest BCUT2D eigenvalue weighted by molar-refractivity contribution is 5.79. The number of phenols is 1. The van der Waals surface area contributed by atoms with Gasteiger partial charge in [0.05, 0.1) is 0 Å². The lowest BCUT2D eigenvalue weighted by Gasteiger charge is -2.03. The Morgan fingerprint density at radius 3 is 2.94 bits per heavy atom. The smallest absolute Gasteiger partial charge is 0.134 e. The van der Waals surface area contributed by atoms with Gasteiger partial charge in [-0.05, 0) is 42.7 Å². The van der Waals surface area contributed by atoms with Crippen LogP contribution in [0.5, 0.6) is 5.75 Å². The van der Waals surface area contributed by atoms with Gasteiger partial charge in [-0.1, -0.05) is 18.2 Å². The van der Waals surface area contributed by atoms with Crippen LogP contribution in [0.3, 0.4) is 0 Å². The molecule has 1 aliphatic rings. The molecule has 0 amide bonds. The van der Waals surface area contributed by atoms with Crippen LogP contribution in [0.25, 0.3) is 11.0 Å². The molecular weight excluding hydrogens is 212 g/mol. The molecule has 0 bridgehead atoms. The van der Waals surface area contributed by atoms with Crippen LogP contribution >= 0.6 is 0 Å². The highest BCUT2D eigenvalue weighted by Gasteiger charge is 2.06. The normalized spacial score (nSPS) is 15.2. The number of benzene rings is 1. The fourth-order valence-electron chi connectivity index (χ4n) is 2.17. The summed E-state index contributed by atoms with van der Waals surface area (Å²) in [6.07, 6.45) is 9.69.